The minimum absolute atomic E-state index is 0.464. The van der Waals surface area contributed by atoms with E-state index in [1.54, 1.807) is 0 Å². The Morgan fingerprint density at radius 1 is 0.833 bits per heavy atom. The fourth-order valence-corrected chi connectivity index (χ4v) is 3.71. The van der Waals surface area contributed by atoms with Crippen LogP contribution >= 0.6 is 0 Å². The summed E-state index contributed by atoms with van der Waals surface area (Å²) >= 11 is 0. The molecule has 0 amide bonds. The summed E-state index contributed by atoms with van der Waals surface area (Å²) in [5.74, 6) is 0.464. The first-order valence-electron chi connectivity index (χ1n) is 9.28. The summed E-state index contributed by atoms with van der Waals surface area (Å²) < 4.78 is 0. The largest absolute Gasteiger partial charge is 0.299 e. The zero-order chi connectivity index (χ0) is 17.7. The van der Waals surface area contributed by atoms with Crippen LogP contribution in [0.4, 0.5) is 0 Å². The third-order valence-electron chi connectivity index (χ3n) is 5.01. The van der Waals surface area contributed by atoms with Gasteiger partial charge in [-0.25, -0.2) is 0 Å². The maximum Gasteiger partial charge on any atom is 0.0104 e. The van der Waals surface area contributed by atoms with E-state index in [4.69, 9.17) is 0 Å². The van der Waals surface area contributed by atoms with Gasteiger partial charge in [0.15, 0.2) is 0 Å². The first kappa shape index (κ1) is 18.7. The molecule has 2 rings (SSSR count). The Kier molecular flexibility index (Phi) is 6.62. The molecule has 0 radical (unpaired) electrons. The summed E-state index contributed by atoms with van der Waals surface area (Å²) in [4.78, 5) is 2.60. The molecular formula is C23H33N. The standard InChI is InChI=1S/C23H33N/c1-17(2)24(18(3)4)15-14-22(21-10-8-7-9-11-21)23-16-19(5)12-13-20(23)6/h7-13,16-18,22H,14-15H2,1-6H3. The molecule has 1 nitrogen and oxygen atoms in total. The van der Waals surface area contributed by atoms with Gasteiger partial charge >= 0.3 is 0 Å². The van der Waals surface area contributed by atoms with E-state index in [9.17, 15) is 0 Å². The second-order valence-electron chi connectivity index (χ2n) is 7.54. The van der Waals surface area contributed by atoms with Gasteiger partial charge in [-0.15, -0.1) is 0 Å². The van der Waals surface area contributed by atoms with E-state index in [1.807, 2.05) is 0 Å². The minimum atomic E-state index is 0.464. The zero-order valence-corrected chi connectivity index (χ0v) is 16.2. The number of aryl methyl sites for hydroxylation is 2. The van der Waals surface area contributed by atoms with E-state index >= 15 is 0 Å². The molecule has 0 saturated heterocycles. The van der Waals surface area contributed by atoms with Crippen molar-refractivity contribution in [2.45, 2.75) is 66.0 Å². The van der Waals surface area contributed by atoms with Gasteiger partial charge < -0.3 is 0 Å². The Morgan fingerprint density at radius 2 is 1.46 bits per heavy atom. The predicted molar refractivity (Wildman–Crippen MR) is 106 cm³/mol. The molecule has 2 aromatic rings. The van der Waals surface area contributed by atoms with E-state index in [0.29, 0.717) is 18.0 Å². The van der Waals surface area contributed by atoms with Gasteiger partial charge in [0.25, 0.3) is 0 Å². The molecule has 2 aromatic carbocycles. The lowest BCUT2D eigenvalue weighted by atomic mass is 9.85. The molecule has 1 unspecified atom stereocenters. The topological polar surface area (TPSA) is 3.24 Å². The number of nitrogens with zero attached hydrogens (tertiary/aromatic N) is 1. The molecule has 0 fully saturated rings. The molecule has 1 atom stereocenters. The van der Waals surface area contributed by atoms with Gasteiger partial charge in [0, 0.05) is 18.0 Å². The quantitative estimate of drug-likeness (QED) is 0.609. The van der Waals surface area contributed by atoms with Gasteiger partial charge in [-0.1, -0.05) is 54.1 Å². The summed E-state index contributed by atoms with van der Waals surface area (Å²) in [5, 5.41) is 0. The van der Waals surface area contributed by atoms with Crippen molar-refractivity contribution in [1.82, 2.24) is 4.90 Å². The van der Waals surface area contributed by atoms with Gasteiger partial charge in [0.2, 0.25) is 0 Å². The van der Waals surface area contributed by atoms with E-state index < -0.39 is 0 Å². The van der Waals surface area contributed by atoms with Crippen molar-refractivity contribution in [3.8, 4) is 0 Å². The highest BCUT2D eigenvalue weighted by Gasteiger charge is 2.20. The van der Waals surface area contributed by atoms with Crippen LogP contribution in [0.3, 0.4) is 0 Å². The second kappa shape index (κ2) is 8.48. The highest BCUT2D eigenvalue weighted by molar-refractivity contribution is 5.39. The van der Waals surface area contributed by atoms with E-state index in [2.05, 4.69) is 95.0 Å². The Hall–Kier alpha value is -1.60. The van der Waals surface area contributed by atoms with Crippen LogP contribution in [0.1, 0.15) is 62.3 Å². The van der Waals surface area contributed by atoms with Crippen LogP contribution in [0, 0.1) is 13.8 Å². The molecule has 24 heavy (non-hydrogen) atoms. The molecule has 0 heterocycles. The number of hydrogen-bond donors (Lipinski definition) is 0. The molecular weight excluding hydrogens is 290 g/mol. The summed E-state index contributed by atoms with van der Waals surface area (Å²) in [6.07, 6.45) is 1.16. The molecule has 0 aliphatic heterocycles. The van der Waals surface area contributed by atoms with Crippen LogP contribution in [0.2, 0.25) is 0 Å². The molecule has 0 aliphatic rings. The van der Waals surface area contributed by atoms with Crippen molar-refractivity contribution in [2.75, 3.05) is 6.54 Å². The Morgan fingerprint density at radius 3 is 2.04 bits per heavy atom. The third-order valence-corrected chi connectivity index (χ3v) is 5.01. The minimum Gasteiger partial charge on any atom is -0.299 e. The third kappa shape index (κ3) is 4.70. The predicted octanol–water partition coefficient (Wildman–Crippen LogP) is 5.94. The summed E-state index contributed by atoms with van der Waals surface area (Å²) in [5.41, 5.74) is 5.66. The lowest BCUT2D eigenvalue weighted by Crippen LogP contribution is -2.38. The highest BCUT2D eigenvalue weighted by Crippen LogP contribution is 2.31. The average molecular weight is 324 g/mol. The SMILES string of the molecule is Cc1ccc(C)c(C(CCN(C(C)C)C(C)C)c2ccccc2)c1. The lowest BCUT2D eigenvalue weighted by Gasteiger charge is -2.32. The van der Waals surface area contributed by atoms with E-state index in [1.165, 1.54) is 22.3 Å². The summed E-state index contributed by atoms with van der Waals surface area (Å²) in [7, 11) is 0. The fraction of sp³-hybridized carbons (Fsp3) is 0.478. The Balaban J connectivity index is 2.32. The van der Waals surface area contributed by atoms with E-state index in [-0.39, 0.29) is 0 Å². The number of benzene rings is 2. The maximum atomic E-state index is 2.60. The maximum absolute atomic E-state index is 2.60. The fourth-order valence-electron chi connectivity index (χ4n) is 3.71. The normalized spacial score (nSPS) is 13.0. The first-order chi connectivity index (χ1) is 11.4. The van der Waals surface area contributed by atoms with Gasteiger partial charge in [-0.2, -0.15) is 0 Å². The molecule has 1 heteroatoms. The van der Waals surface area contributed by atoms with Gasteiger partial charge in [-0.3, -0.25) is 4.90 Å². The Bertz CT molecular complexity index is 620. The lowest BCUT2D eigenvalue weighted by molar-refractivity contribution is 0.170. The van der Waals surface area contributed by atoms with Crippen molar-refractivity contribution in [3.63, 3.8) is 0 Å². The molecule has 0 aromatic heterocycles. The zero-order valence-electron chi connectivity index (χ0n) is 16.2. The van der Waals surface area contributed by atoms with Crippen molar-refractivity contribution in [3.05, 3.63) is 70.8 Å². The average Bonchev–Trinajstić information content (AvgIpc) is 2.54. The van der Waals surface area contributed by atoms with Crippen molar-refractivity contribution < 1.29 is 0 Å². The molecule has 0 spiro atoms. The van der Waals surface area contributed by atoms with Crippen LogP contribution in [-0.2, 0) is 0 Å². The van der Waals surface area contributed by atoms with Gasteiger partial charge in [-0.05, 0) is 71.2 Å². The summed E-state index contributed by atoms with van der Waals surface area (Å²) in [6, 6.07) is 19.0. The molecule has 0 aliphatic carbocycles. The van der Waals surface area contributed by atoms with Gasteiger partial charge in [0.05, 0.1) is 0 Å². The van der Waals surface area contributed by atoms with E-state index in [0.717, 1.165) is 13.0 Å². The van der Waals surface area contributed by atoms with Crippen molar-refractivity contribution >= 4 is 0 Å². The van der Waals surface area contributed by atoms with Crippen LogP contribution < -0.4 is 0 Å². The van der Waals surface area contributed by atoms with Crippen LogP contribution in [0.5, 0.6) is 0 Å². The van der Waals surface area contributed by atoms with Crippen molar-refractivity contribution in [2.24, 2.45) is 0 Å². The molecule has 130 valence electrons. The molecule has 0 N–H and O–H groups in total. The van der Waals surface area contributed by atoms with Crippen LogP contribution in [0.25, 0.3) is 0 Å². The second-order valence-corrected chi connectivity index (χ2v) is 7.54. The highest BCUT2D eigenvalue weighted by atomic mass is 15.2. The smallest absolute Gasteiger partial charge is 0.0104 e. The number of hydrogen-bond acceptors (Lipinski definition) is 1. The first-order valence-corrected chi connectivity index (χ1v) is 9.28. The van der Waals surface area contributed by atoms with Crippen LogP contribution in [0.15, 0.2) is 48.5 Å². The van der Waals surface area contributed by atoms with Gasteiger partial charge in [0.1, 0.15) is 0 Å². The molecule has 0 bridgehead atoms. The number of rotatable bonds is 7. The monoisotopic (exact) mass is 323 g/mol. The Labute approximate surface area is 148 Å². The molecule has 0 saturated carbocycles. The summed E-state index contributed by atoms with van der Waals surface area (Å²) in [6.45, 7) is 14.8. The van der Waals surface area contributed by atoms with Crippen LogP contribution in [-0.4, -0.2) is 23.5 Å². The van der Waals surface area contributed by atoms with Crippen molar-refractivity contribution in [1.29, 1.82) is 0 Å².